The number of thiophene rings is 1. The maximum atomic E-state index is 5.88. The first-order chi connectivity index (χ1) is 8.81. The van der Waals surface area contributed by atoms with Gasteiger partial charge in [-0.3, -0.25) is 0 Å². The van der Waals surface area contributed by atoms with Gasteiger partial charge in [-0.1, -0.05) is 17.7 Å². The van der Waals surface area contributed by atoms with Crippen LogP contribution in [0.3, 0.4) is 0 Å². The minimum absolute atomic E-state index is 0.656. The van der Waals surface area contributed by atoms with Crippen molar-refractivity contribution in [2.45, 2.75) is 6.42 Å². The normalized spacial score (nSPS) is 10.9. The predicted molar refractivity (Wildman–Crippen MR) is 74.5 cm³/mol. The lowest BCUT2D eigenvalue weighted by molar-refractivity contribution is 0.941. The summed E-state index contributed by atoms with van der Waals surface area (Å²) in [5.74, 6) is 0.656. The summed E-state index contributed by atoms with van der Waals surface area (Å²) in [7, 11) is 0. The Hall–Kier alpha value is -1.59. The molecule has 0 spiro atoms. The van der Waals surface area contributed by atoms with Crippen molar-refractivity contribution in [3.8, 4) is 0 Å². The van der Waals surface area contributed by atoms with Gasteiger partial charge in [-0.2, -0.15) is 4.98 Å². The van der Waals surface area contributed by atoms with Crippen molar-refractivity contribution in [2.24, 2.45) is 0 Å². The molecule has 0 aromatic carbocycles. The Morgan fingerprint density at radius 1 is 1.28 bits per heavy atom. The van der Waals surface area contributed by atoms with E-state index in [4.69, 9.17) is 11.6 Å². The number of nitrogens with zero attached hydrogens (tertiary/aromatic N) is 3. The Kier molecular flexibility index (Phi) is 3.17. The molecule has 18 heavy (non-hydrogen) atoms. The van der Waals surface area contributed by atoms with Crippen LogP contribution in [-0.4, -0.2) is 21.1 Å². The second kappa shape index (κ2) is 4.96. The number of hydrogen-bond donors (Lipinski definition) is 1. The van der Waals surface area contributed by atoms with Crippen LogP contribution >= 0.6 is 22.9 Å². The molecule has 0 unspecified atom stereocenters. The van der Waals surface area contributed by atoms with Gasteiger partial charge in [0.2, 0.25) is 5.95 Å². The summed E-state index contributed by atoms with van der Waals surface area (Å²) >= 11 is 7.49. The second-order valence-corrected chi connectivity index (χ2v) is 5.62. The van der Waals surface area contributed by atoms with Crippen LogP contribution in [0.4, 0.5) is 5.95 Å². The summed E-state index contributed by atoms with van der Waals surface area (Å²) in [4.78, 5) is 5.63. The Balaban J connectivity index is 1.62. The van der Waals surface area contributed by atoms with Crippen LogP contribution in [-0.2, 0) is 6.42 Å². The number of fused-ring (bicyclic) bond motifs is 1. The van der Waals surface area contributed by atoms with Gasteiger partial charge in [-0.25, -0.2) is 4.52 Å². The maximum Gasteiger partial charge on any atom is 0.243 e. The molecule has 0 saturated heterocycles. The highest BCUT2D eigenvalue weighted by Crippen LogP contribution is 2.21. The van der Waals surface area contributed by atoms with Crippen LogP contribution in [0.5, 0.6) is 0 Å². The van der Waals surface area contributed by atoms with E-state index in [9.17, 15) is 0 Å². The lowest BCUT2D eigenvalue weighted by Gasteiger charge is -1.98. The van der Waals surface area contributed by atoms with Crippen LogP contribution in [0.25, 0.3) is 5.65 Å². The molecule has 6 heteroatoms. The van der Waals surface area contributed by atoms with E-state index in [-0.39, 0.29) is 0 Å². The van der Waals surface area contributed by atoms with Crippen molar-refractivity contribution in [3.63, 3.8) is 0 Å². The Labute approximate surface area is 113 Å². The van der Waals surface area contributed by atoms with Gasteiger partial charge in [0.1, 0.15) is 0 Å². The van der Waals surface area contributed by atoms with E-state index in [1.165, 1.54) is 4.88 Å². The van der Waals surface area contributed by atoms with Crippen molar-refractivity contribution in [2.75, 3.05) is 11.9 Å². The van der Waals surface area contributed by atoms with E-state index in [0.29, 0.717) is 5.95 Å². The molecule has 0 fully saturated rings. The van der Waals surface area contributed by atoms with E-state index < -0.39 is 0 Å². The number of pyridine rings is 1. The zero-order valence-electron chi connectivity index (χ0n) is 9.51. The molecule has 0 aliphatic carbocycles. The molecule has 0 radical (unpaired) electrons. The average molecular weight is 279 g/mol. The first-order valence-electron chi connectivity index (χ1n) is 5.61. The lowest BCUT2D eigenvalue weighted by Crippen LogP contribution is -2.05. The molecule has 3 aromatic rings. The molecular formula is C12H11ClN4S. The van der Waals surface area contributed by atoms with Crippen LogP contribution in [0.1, 0.15) is 4.88 Å². The molecule has 3 heterocycles. The fraction of sp³-hybridized carbons (Fsp3) is 0.167. The van der Waals surface area contributed by atoms with E-state index in [1.54, 1.807) is 15.9 Å². The third kappa shape index (κ3) is 2.47. The molecular weight excluding hydrogens is 268 g/mol. The Morgan fingerprint density at radius 3 is 3.00 bits per heavy atom. The lowest BCUT2D eigenvalue weighted by atomic mass is 10.3. The molecule has 0 atom stereocenters. The van der Waals surface area contributed by atoms with Gasteiger partial charge in [0.05, 0.1) is 4.34 Å². The summed E-state index contributed by atoms with van der Waals surface area (Å²) < 4.78 is 2.58. The van der Waals surface area contributed by atoms with E-state index in [2.05, 4.69) is 15.4 Å². The highest BCUT2D eigenvalue weighted by atomic mass is 35.5. The van der Waals surface area contributed by atoms with Gasteiger partial charge in [-0.05, 0) is 30.7 Å². The average Bonchev–Trinajstić information content (AvgIpc) is 2.95. The fourth-order valence-electron chi connectivity index (χ4n) is 1.69. The van der Waals surface area contributed by atoms with Crippen LogP contribution in [0.15, 0.2) is 36.5 Å². The molecule has 92 valence electrons. The van der Waals surface area contributed by atoms with Crippen LogP contribution in [0.2, 0.25) is 4.34 Å². The Bertz CT molecular complexity index is 628. The molecule has 0 aliphatic heterocycles. The maximum absolute atomic E-state index is 5.88. The Morgan fingerprint density at radius 2 is 2.22 bits per heavy atom. The zero-order valence-corrected chi connectivity index (χ0v) is 11.1. The summed E-state index contributed by atoms with van der Waals surface area (Å²) in [5, 5.41) is 7.53. The number of anilines is 1. The fourth-order valence-corrected chi connectivity index (χ4v) is 2.78. The van der Waals surface area contributed by atoms with E-state index >= 15 is 0 Å². The highest BCUT2D eigenvalue weighted by molar-refractivity contribution is 7.16. The molecule has 0 saturated carbocycles. The molecule has 4 nitrogen and oxygen atoms in total. The summed E-state index contributed by atoms with van der Waals surface area (Å²) in [6, 6.07) is 9.77. The van der Waals surface area contributed by atoms with E-state index in [1.807, 2.05) is 36.5 Å². The quantitative estimate of drug-likeness (QED) is 0.797. The largest absolute Gasteiger partial charge is 0.353 e. The molecule has 0 amide bonds. The topological polar surface area (TPSA) is 42.2 Å². The molecule has 1 N–H and O–H groups in total. The van der Waals surface area contributed by atoms with Crippen molar-refractivity contribution in [1.82, 2.24) is 14.6 Å². The third-order valence-corrected chi connectivity index (χ3v) is 3.82. The number of aromatic nitrogens is 3. The van der Waals surface area contributed by atoms with Gasteiger partial charge in [-0.15, -0.1) is 16.4 Å². The third-order valence-electron chi connectivity index (χ3n) is 2.52. The molecule has 0 aliphatic rings. The first-order valence-corrected chi connectivity index (χ1v) is 6.80. The molecule has 0 bridgehead atoms. The SMILES string of the molecule is Clc1ccc(CCNc2nc3ccccn3n2)s1. The minimum atomic E-state index is 0.656. The van der Waals surface area contributed by atoms with Crippen molar-refractivity contribution in [1.29, 1.82) is 0 Å². The smallest absolute Gasteiger partial charge is 0.243 e. The van der Waals surface area contributed by atoms with Gasteiger partial charge < -0.3 is 5.32 Å². The summed E-state index contributed by atoms with van der Waals surface area (Å²) in [6.07, 6.45) is 2.81. The molecule has 3 aromatic heterocycles. The van der Waals surface area contributed by atoms with Crippen molar-refractivity contribution < 1.29 is 0 Å². The van der Waals surface area contributed by atoms with Gasteiger partial charge in [0.15, 0.2) is 5.65 Å². The summed E-state index contributed by atoms with van der Waals surface area (Å²) in [5.41, 5.74) is 0.846. The van der Waals surface area contributed by atoms with Crippen molar-refractivity contribution >= 4 is 34.5 Å². The molecule has 3 rings (SSSR count). The monoisotopic (exact) mass is 278 g/mol. The minimum Gasteiger partial charge on any atom is -0.353 e. The van der Waals surface area contributed by atoms with Crippen molar-refractivity contribution in [3.05, 3.63) is 45.7 Å². The second-order valence-electron chi connectivity index (χ2n) is 3.82. The number of nitrogens with one attached hydrogen (secondary N) is 1. The number of rotatable bonds is 4. The highest BCUT2D eigenvalue weighted by Gasteiger charge is 2.02. The first kappa shape index (κ1) is 11.5. The summed E-state index contributed by atoms with van der Waals surface area (Å²) in [6.45, 7) is 0.799. The van der Waals surface area contributed by atoms with Crippen LogP contribution < -0.4 is 5.32 Å². The van der Waals surface area contributed by atoms with Crippen LogP contribution in [0, 0.1) is 0 Å². The number of halogens is 1. The van der Waals surface area contributed by atoms with Gasteiger partial charge in [0, 0.05) is 17.6 Å². The number of hydrogen-bond acceptors (Lipinski definition) is 4. The standard InChI is InChI=1S/C12H11ClN4S/c13-10-5-4-9(18-10)6-7-14-12-15-11-3-1-2-8-17(11)16-12/h1-5,8H,6-7H2,(H,14,16). The zero-order chi connectivity index (χ0) is 12.4. The van der Waals surface area contributed by atoms with E-state index in [0.717, 1.165) is 22.9 Å². The van der Waals surface area contributed by atoms with Gasteiger partial charge >= 0.3 is 0 Å². The van der Waals surface area contributed by atoms with Gasteiger partial charge in [0.25, 0.3) is 0 Å². The predicted octanol–water partition coefficient (Wildman–Crippen LogP) is 3.10.